The lowest BCUT2D eigenvalue weighted by molar-refractivity contribution is -0.0243. The first kappa shape index (κ1) is 12.9. The minimum atomic E-state index is 0.387. The molecule has 4 saturated carbocycles. The lowest BCUT2D eigenvalue weighted by atomic mass is 9.53. The Morgan fingerprint density at radius 2 is 1.80 bits per heavy atom. The van der Waals surface area contributed by atoms with E-state index >= 15 is 0 Å². The molecule has 0 radical (unpaired) electrons. The van der Waals surface area contributed by atoms with Gasteiger partial charge in [0.2, 0.25) is 0 Å². The normalized spacial score (nSPS) is 39.7. The van der Waals surface area contributed by atoms with Gasteiger partial charge in [0.15, 0.2) is 0 Å². The second-order valence-corrected chi connectivity index (χ2v) is 8.49. The van der Waals surface area contributed by atoms with Crippen molar-refractivity contribution in [3.05, 3.63) is 21.9 Å². The zero-order valence-electron chi connectivity index (χ0n) is 12.1. The van der Waals surface area contributed by atoms with Crippen molar-refractivity contribution < 1.29 is 0 Å². The molecule has 0 amide bonds. The highest BCUT2D eigenvalue weighted by Gasteiger charge is 2.51. The number of rotatable bonds is 3. The van der Waals surface area contributed by atoms with Gasteiger partial charge in [0.1, 0.15) is 10.9 Å². The fraction of sp³-hybridized carbons (Fsp3) is 0.706. The second-order valence-electron chi connectivity index (χ2n) is 7.38. The Bertz CT molecular complexity index is 518. The molecule has 4 bridgehead atoms. The van der Waals surface area contributed by atoms with Crippen molar-refractivity contribution in [3.63, 3.8) is 0 Å². The quantitative estimate of drug-likeness (QED) is 0.902. The highest BCUT2D eigenvalue weighted by atomic mass is 32.1. The molecule has 0 spiro atoms. The molecular weight excluding hydrogens is 264 g/mol. The van der Waals surface area contributed by atoms with Crippen LogP contribution in [0.15, 0.2) is 12.1 Å². The van der Waals surface area contributed by atoms with Crippen LogP contribution in [0.4, 0.5) is 0 Å². The van der Waals surface area contributed by atoms with Gasteiger partial charge in [0, 0.05) is 16.5 Å². The van der Waals surface area contributed by atoms with Gasteiger partial charge >= 0.3 is 0 Å². The summed E-state index contributed by atoms with van der Waals surface area (Å²) in [6.45, 7) is 2.27. The van der Waals surface area contributed by atoms with Gasteiger partial charge in [-0.3, -0.25) is 0 Å². The predicted molar refractivity (Wildman–Crippen MR) is 81.5 cm³/mol. The summed E-state index contributed by atoms with van der Waals surface area (Å²) in [7, 11) is 0. The first-order valence-corrected chi connectivity index (χ1v) is 8.75. The van der Waals surface area contributed by atoms with E-state index in [1.807, 2.05) is 6.07 Å². The third-order valence-corrected chi connectivity index (χ3v) is 6.90. The van der Waals surface area contributed by atoms with Crippen molar-refractivity contribution in [2.24, 2.45) is 17.8 Å². The Balaban J connectivity index is 1.52. The molecule has 1 atom stereocenters. The average Bonchev–Trinajstić information content (AvgIpc) is 2.85. The van der Waals surface area contributed by atoms with Crippen LogP contribution in [0.3, 0.4) is 0 Å². The fourth-order valence-electron chi connectivity index (χ4n) is 5.46. The number of hydrogen-bond acceptors (Lipinski definition) is 3. The van der Waals surface area contributed by atoms with E-state index in [4.69, 9.17) is 5.26 Å². The first-order chi connectivity index (χ1) is 9.66. The molecule has 1 heterocycles. The summed E-state index contributed by atoms with van der Waals surface area (Å²) in [5.74, 6) is 2.96. The minimum absolute atomic E-state index is 0.387. The maximum atomic E-state index is 8.98. The maximum absolute atomic E-state index is 8.98. The van der Waals surface area contributed by atoms with Gasteiger partial charge in [-0.15, -0.1) is 11.3 Å². The van der Waals surface area contributed by atoms with Crippen LogP contribution < -0.4 is 5.32 Å². The number of nitrogens with one attached hydrogen (secondary N) is 1. The highest BCUT2D eigenvalue weighted by Crippen LogP contribution is 2.56. The molecule has 0 saturated heterocycles. The molecular formula is C17H22N2S. The Morgan fingerprint density at radius 3 is 2.30 bits per heavy atom. The summed E-state index contributed by atoms with van der Waals surface area (Å²) in [4.78, 5) is 2.15. The largest absolute Gasteiger partial charge is 0.304 e. The van der Waals surface area contributed by atoms with Gasteiger partial charge in [-0.25, -0.2) is 0 Å². The van der Waals surface area contributed by atoms with Crippen molar-refractivity contribution in [3.8, 4) is 6.07 Å². The summed E-state index contributed by atoms with van der Waals surface area (Å²) >= 11 is 1.65. The fourth-order valence-corrected chi connectivity index (χ4v) is 6.27. The molecule has 2 nitrogen and oxygen atoms in total. The van der Waals surface area contributed by atoms with Crippen LogP contribution in [0.25, 0.3) is 0 Å². The van der Waals surface area contributed by atoms with E-state index in [-0.39, 0.29) is 0 Å². The molecule has 3 heteroatoms. The van der Waals surface area contributed by atoms with Crippen molar-refractivity contribution >= 4 is 11.3 Å². The molecule has 0 aromatic carbocycles. The van der Waals surface area contributed by atoms with E-state index in [1.54, 1.807) is 11.3 Å². The van der Waals surface area contributed by atoms with Crippen LogP contribution in [-0.2, 0) is 0 Å². The molecule has 4 aliphatic rings. The molecule has 5 rings (SSSR count). The van der Waals surface area contributed by atoms with Gasteiger partial charge in [-0.2, -0.15) is 5.26 Å². The lowest BCUT2D eigenvalue weighted by Crippen LogP contribution is -2.58. The summed E-state index contributed by atoms with van der Waals surface area (Å²) in [6.07, 6.45) is 8.64. The molecule has 106 valence electrons. The van der Waals surface area contributed by atoms with Crippen LogP contribution >= 0.6 is 11.3 Å². The Hall–Kier alpha value is -0.850. The number of thiophene rings is 1. The zero-order valence-corrected chi connectivity index (χ0v) is 12.9. The molecule has 20 heavy (non-hydrogen) atoms. The standard InChI is InChI=1S/C17H22N2S/c1-11(16-3-2-15(10-18)20-16)19-17-7-12-4-13(8-17)6-14(5-12)9-17/h2-3,11-14,19H,4-9H2,1H3. The third kappa shape index (κ3) is 2.10. The summed E-state index contributed by atoms with van der Waals surface area (Å²) in [5, 5.41) is 13.0. The van der Waals surface area contributed by atoms with Crippen LogP contribution in [-0.4, -0.2) is 5.54 Å². The van der Waals surface area contributed by atoms with Gasteiger partial charge < -0.3 is 5.32 Å². The summed E-state index contributed by atoms with van der Waals surface area (Å²) < 4.78 is 0. The van der Waals surface area contributed by atoms with Gasteiger partial charge in [0.25, 0.3) is 0 Å². The molecule has 1 aromatic rings. The van der Waals surface area contributed by atoms with E-state index in [2.05, 4.69) is 24.4 Å². The van der Waals surface area contributed by atoms with Gasteiger partial charge in [0.05, 0.1) is 0 Å². The summed E-state index contributed by atoms with van der Waals surface area (Å²) in [6, 6.07) is 6.72. The Labute approximate surface area is 125 Å². The second kappa shape index (κ2) is 4.58. The number of nitriles is 1. The van der Waals surface area contributed by atoms with Crippen LogP contribution in [0, 0.1) is 29.1 Å². The zero-order chi connectivity index (χ0) is 13.7. The number of hydrogen-bond donors (Lipinski definition) is 1. The van der Waals surface area contributed by atoms with Crippen molar-refractivity contribution in [1.29, 1.82) is 5.26 Å². The van der Waals surface area contributed by atoms with E-state index in [0.717, 1.165) is 22.6 Å². The van der Waals surface area contributed by atoms with Gasteiger partial charge in [-0.1, -0.05) is 0 Å². The number of nitrogens with zero attached hydrogens (tertiary/aromatic N) is 1. The SMILES string of the molecule is CC(NC12CC3CC(CC(C3)C1)C2)c1ccc(C#N)s1. The maximum Gasteiger partial charge on any atom is 0.110 e. The third-order valence-electron chi connectivity index (χ3n) is 5.72. The topological polar surface area (TPSA) is 35.8 Å². The Kier molecular flexibility index (Phi) is 2.94. The Morgan fingerprint density at radius 1 is 1.20 bits per heavy atom. The smallest absolute Gasteiger partial charge is 0.110 e. The van der Waals surface area contributed by atoms with Crippen LogP contribution in [0.5, 0.6) is 0 Å². The van der Waals surface area contributed by atoms with Crippen molar-refractivity contribution in [2.45, 2.75) is 57.0 Å². The minimum Gasteiger partial charge on any atom is -0.304 e. The molecule has 4 fully saturated rings. The molecule has 1 N–H and O–H groups in total. The van der Waals surface area contributed by atoms with E-state index in [9.17, 15) is 0 Å². The summed E-state index contributed by atoms with van der Waals surface area (Å²) in [5.41, 5.74) is 0.408. The van der Waals surface area contributed by atoms with Crippen molar-refractivity contribution in [1.82, 2.24) is 5.32 Å². The van der Waals surface area contributed by atoms with Crippen LogP contribution in [0.2, 0.25) is 0 Å². The van der Waals surface area contributed by atoms with Crippen LogP contribution in [0.1, 0.15) is 61.2 Å². The van der Waals surface area contributed by atoms with Gasteiger partial charge in [-0.05, 0) is 75.3 Å². The van der Waals surface area contributed by atoms with E-state index in [1.165, 1.54) is 43.4 Å². The molecule has 1 aromatic heterocycles. The monoisotopic (exact) mass is 286 g/mol. The highest BCUT2D eigenvalue weighted by molar-refractivity contribution is 7.12. The van der Waals surface area contributed by atoms with Crippen molar-refractivity contribution in [2.75, 3.05) is 0 Å². The molecule has 0 aliphatic heterocycles. The predicted octanol–water partition coefficient (Wildman–Crippen LogP) is 4.24. The van der Waals surface area contributed by atoms with E-state index < -0.39 is 0 Å². The molecule has 1 unspecified atom stereocenters. The first-order valence-electron chi connectivity index (χ1n) is 7.93. The molecule has 4 aliphatic carbocycles. The van der Waals surface area contributed by atoms with E-state index in [0.29, 0.717) is 11.6 Å². The average molecular weight is 286 g/mol. The lowest BCUT2D eigenvalue weighted by Gasteiger charge is -2.57.